The number of carbonyl (C=O) groups is 1. The van der Waals surface area contributed by atoms with Crippen molar-refractivity contribution < 1.29 is 14.3 Å². The fourth-order valence-electron chi connectivity index (χ4n) is 2.63. The molecule has 0 aromatic heterocycles. The van der Waals surface area contributed by atoms with Gasteiger partial charge in [0.05, 0.1) is 11.6 Å². The number of nitrogens with one attached hydrogen (secondary N) is 1. The standard InChI is InChI=1S/C16H15Br2NO3.ClH/c1-21-16(20)13-7-11(8-19-13)22-14-5-2-9-6-10(17)3-4-12(9)15(14)18;/h2-6,11,13,19H,7-8H2,1H3;1H/t11-,13-;/m0./s1. The van der Waals surface area contributed by atoms with Gasteiger partial charge in [-0.25, -0.2) is 0 Å². The Hall–Kier alpha value is -0.820. The summed E-state index contributed by atoms with van der Waals surface area (Å²) in [7, 11) is 1.40. The van der Waals surface area contributed by atoms with Crippen LogP contribution in [0, 0.1) is 0 Å². The van der Waals surface area contributed by atoms with Crippen LogP contribution >= 0.6 is 44.3 Å². The summed E-state index contributed by atoms with van der Waals surface area (Å²) in [5.41, 5.74) is 0. The van der Waals surface area contributed by atoms with Crippen LogP contribution < -0.4 is 10.1 Å². The first-order valence-electron chi connectivity index (χ1n) is 6.94. The molecule has 0 saturated carbocycles. The van der Waals surface area contributed by atoms with E-state index in [1.807, 2.05) is 24.3 Å². The van der Waals surface area contributed by atoms with Gasteiger partial charge in [0.2, 0.25) is 0 Å². The van der Waals surface area contributed by atoms with E-state index in [4.69, 9.17) is 9.47 Å². The van der Waals surface area contributed by atoms with Crippen molar-refractivity contribution in [1.82, 2.24) is 5.32 Å². The number of hydrogen-bond donors (Lipinski definition) is 1. The second kappa shape index (κ2) is 7.83. The first kappa shape index (κ1) is 18.5. The van der Waals surface area contributed by atoms with Crippen molar-refractivity contribution in [3.8, 4) is 5.75 Å². The fraction of sp³-hybridized carbons (Fsp3) is 0.312. The third-order valence-corrected chi connectivity index (χ3v) is 5.06. The predicted molar refractivity (Wildman–Crippen MR) is 99.4 cm³/mol. The Balaban J connectivity index is 0.00000192. The summed E-state index contributed by atoms with van der Waals surface area (Å²) in [6.45, 7) is 0.630. The first-order chi connectivity index (χ1) is 10.6. The first-order valence-corrected chi connectivity index (χ1v) is 8.52. The minimum absolute atomic E-state index is 0. The van der Waals surface area contributed by atoms with Crippen LogP contribution in [0.15, 0.2) is 39.3 Å². The van der Waals surface area contributed by atoms with Gasteiger partial charge in [-0.1, -0.05) is 28.1 Å². The molecule has 124 valence electrons. The molecule has 1 aliphatic rings. The molecule has 23 heavy (non-hydrogen) atoms. The van der Waals surface area contributed by atoms with Gasteiger partial charge in [0, 0.05) is 17.4 Å². The van der Waals surface area contributed by atoms with Gasteiger partial charge in [0.1, 0.15) is 17.9 Å². The van der Waals surface area contributed by atoms with E-state index in [0.29, 0.717) is 13.0 Å². The number of esters is 1. The number of halogens is 3. The Bertz CT molecular complexity index is 726. The van der Waals surface area contributed by atoms with Crippen molar-refractivity contribution in [2.45, 2.75) is 18.6 Å². The quantitative estimate of drug-likeness (QED) is 0.695. The zero-order valence-electron chi connectivity index (χ0n) is 12.3. The minimum atomic E-state index is -0.287. The summed E-state index contributed by atoms with van der Waals surface area (Å²) in [6, 6.07) is 9.80. The number of ether oxygens (including phenoxy) is 2. The van der Waals surface area contributed by atoms with Crippen molar-refractivity contribution in [2.24, 2.45) is 0 Å². The largest absolute Gasteiger partial charge is 0.488 e. The summed E-state index contributed by atoms with van der Waals surface area (Å²) in [5, 5.41) is 5.34. The Kier molecular flexibility index (Phi) is 6.31. The molecule has 1 heterocycles. The molecule has 0 radical (unpaired) electrons. The number of carbonyl (C=O) groups excluding carboxylic acids is 1. The number of methoxy groups -OCH3 is 1. The van der Waals surface area contributed by atoms with E-state index >= 15 is 0 Å². The van der Waals surface area contributed by atoms with Crippen LogP contribution in [0.25, 0.3) is 10.8 Å². The molecular weight excluding hydrogens is 449 g/mol. The highest BCUT2D eigenvalue weighted by Crippen LogP contribution is 2.35. The monoisotopic (exact) mass is 463 g/mol. The van der Waals surface area contributed by atoms with Crippen LogP contribution in [-0.2, 0) is 9.53 Å². The van der Waals surface area contributed by atoms with Crippen LogP contribution in [0.3, 0.4) is 0 Å². The lowest BCUT2D eigenvalue weighted by Crippen LogP contribution is -2.31. The molecule has 1 N–H and O–H groups in total. The molecule has 0 unspecified atom stereocenters. The molecule has 7 heteroatoms. The minimum Gasteiger partial charge on any atom is -0.488 e. The third kappa shape index (κ3) is 3.99. The van der Waals surface area contributed by atoms with Crippen molar-refractivity contribution in [3.05, 3.63) is 39.3 Å². The van der Waals surface area contributed by atoms with Crippen molar-refractivity contribution in [3.63, 3.8) is 0 Å². The lowest BCUT2D eigenvalue weighted by molar-refractivity contribution is -0.142. The Labute approximate surface area is 157 Å². The number of benzene rings is 2. The average Bonchev–Trinajstić information content (AvgIpc) is 2.98. The van der Waals surface area contributed by atoms with Crippen LogP contribution in [0.2, 0.25) is 0 Å². The molecule has 0 aliphatic carbocycles. The van der Waals surface area contributed by atoms with Gasteiger partial charge in [0.25, 0.3) is 0 Å². The SMILES string of the molecule is COC(=O)[C@@H]1C[C@H](Oc2ccc3cc(Br)ccc3c2Br)CN1.Cl. The molecule has 3 rings (SSSR count). The number of hydrogen-bond acceptors (Lipinski definition) is 4. The summed E-state index contributed by atoms with van der Waals surface area (Å²) < 4.78 is 12.8. The van der Waals surface area contributed by atoms with Crippen LogP contribution in [-0.4, -0.2) is 31.8 Å². The number of rotatable bonds is 3. The summed E-state index contributed by atoms with van der Waals surface area (Å²) in [5.74, 6) is 0.542. The molecule has 2 aromatic rings. The summed E-state index contributed by atoms with van der Waals surface area (Å²) in [4.78, 5) is 11.5. The third-order valence-electron chi connectivity index (χ3n) is 3.75. The van der Waals surface area contributed by atoms with E-state index in [0.717, 1.165) is 25.5 Å². The van der Waals surface area contributed by atoms with E-state index in [1.165, 1.54) is 7.11 Å². The van der Waals surface area contributed by atoms with Crippen LogP contribution in [0.5, 0.6) is 5.75 Å². The highest BCUT2D eigenvalue weighted by atomic mass is 79.9. The molecule has 0 bridgehead atoms. The van der Waals surface area contributed by atoms with Gasteiger partial charge in [-0.15, -0.1) is 12.4 Å². The molecule has 4 nitrogen and oxygen atoms in total. The highest BCUT2D eigenvalue weighted by Gasteiger charge is 2.31. The maximum atomic E-state index is 11.5. The second-order valence-electron chi connectivity index (χ2n) is 5.20. The fourth-order valence-corrected chi connectivity index (χ4v) is 3.59. The molecule has 1 aliphatic heterocycles. The summed E-state index contributed by atoms with van der Waals surface area (Å²) >= 11 is 7.09. The van der Waals surface area contributed by atoms with Crippen molar-refractivity contribution in [1.29, 1.82) is 0 Å². The predicted octanol–water partition coefficient (Wildman–Crippen LogP) is 4.07. The van der Waals surface area contributed by atoms with Crippen LogP contribution in [0.4, 0.5) is 0 Å². The Morgan fingerprint density at radius 3 is 2.78 bits per heavy atom. The number of fused-ring (bicyclic) bond motifs is 1. The molecule has 1 saturated heterocycles. The van der Waals surface area contributed by atoms with Crippen molar-refractivity contribution in [2.75, 3.05) is 13.7 Å². The molecule has 2 atom stereocenters. The van der Waals surface area contributed by atoms with Gasteiger partial charge < -0.3 is 14.8 Å². The van der Waals surface area contributed by atoms with E-state index < -0.39 is 0 Å². The van der Waals surface area contributed by atoms with E-state index in [1.54, 1.807) is 0 Å². The lowest BCUT2D eigenvalue weighted by Gasteiger charge is -2.15. The van der Waals surface area contributed by atoms with Gasteiger partial charge in [-0.05, 0) is 44.9 Å². The molecular formula is C16H16Br2ClNO3. The molecule has 1 fully saturated rings. The van der Waals surface area contributed by atoms with Crippen LogP contribution in [0.1, 0.15) is 6.42 Å². The smallest absolute Gasteiger partial charge is 0.323 e. The van der Waals surface area contributed by atoms with E-state index in [-0.39, 0.29) is 30.5 Å². The molecule has 0 amide bonds. The van der Waals surface area contributed by atoms with Gasteiger partial charge in [-0.2, -0.15) is 0 Å². The van der Waals surface area contributed by atoms with Gasteiger partial charge in [-0.3, -0.25) is 4.79 Å². The zero-order chi connectivity index (χ0) is 15.7. The lowest BCUT2D eigenvalue weighted by atomic mass is 10.1. The Morgan fingerprint density at radius 2 is 2.04 bits per heavy atom. The molecule has 2 aromatic carbocycles. The topological polar surface area (TPSA) is 47.6 Å². The van der Waals surface area contributed by atoms with E-state index in [9.17, 15) is 4.79 Å². The normalized spacial score (nSPS) is 20.1. The molecule has 0 spiro atoms. The maximum Gasteiger partial charge on any atom is 0.323 e. The highest BCUT2D eigenvalue weighted by molar-refractivity contribution is 9.11. The van der Waals surface area contributed by atoms with Gasteiger partial charge >= 0.3 is 5.97 Å². The van der Waals surface area contributed by atoms with Crippen molar-refractivity contribution >= 4 is 61.0 Å². The van der Waals surface area contributed by atoms with E-state index in [2.05, 4.69) is 43.2 Å². The zero-order valence-corrected chi connectivity index (χ0v) is 16.3. The maximum absolute atomic E-state index is 11.5. The average molecular weight is 466 g/mol. The Morgan fingerprint density at radius 1 is 1.26 bits per heavy atom. The summed E-state index contributed by atoms with van der Waals surface area (Å²) in [6.07, 6.45) is 0.561. The second-order valence-corrected chi connectivity index (χ2v) is 6.91. The van der Waals surface area contributed by atoms with Gasteiger partial charge in [0.15, 0.2) is 0 Å².